The average molecular weight is 721 g/mol. The van der Waals surface area contributed by atoms with E-state index >= 15 is 0 Å². The number of hydrogen-bond donors (Lipinski definition) is 0. The zero-order valence-corrected chi connectivity index (χ0v) is 33.2. The van der Waals surface area contributed by atoms with Crippen LogP contribution in [-0.2, 0) is 0 Å². The molecule has 0 aliphatic carbocycles. The third-order valence-corrected chi connectivity index (χ3v) is 19.9. The van der Waals surface area contributed by atoms with Crippen LogP contribution in [0.2, 0.25) is 26.2 Å². The van der Waals surface area contributed by atoms with Crippen molar-refractivity contribution in [3.05, 3.63) is 170 Å². The minimum Gasteiger partial charge on any atom is -0.0616 e. The molecule has 2 aliphatic rings. The first-order valence-electron chi connectivity index (χ1n) is 19.3. The molecule has 2 heteroatoms. The van der Waals surface area contributed by atoms with Crippen LogP contribution in [-0.4, -0.2) is 16.1 Å². The van der Waals surface area contributed by atoms with Crippen LogP contribution in [0.3, 0.4) is 0 Å². The third kappa shape index (κ3) is 4.48. The highest BCUT2D eigenvalue weighted by Crippen LogP contribution is 2.42. The van der Waals surface area contributed by atoms with Gasteiger partial charge in [-0.15, -0.1) is 0 Å². The summed E-state index contributed by atoms with van der Waals surface area (Å²) in [5.74, 6) is 0. The summed E-state index contributed by atoms with van der Waals surface area (Å²) < 4.78 is 0. The van der Waals surface area contributed by atoms with E-state index in [4.69, 9.17) is 0 Å². The van der Waals surface area contributed by atoms with Crippen molar-refractivity contribution in [1.82, 2.24) is 0 Å². The SMILES string of the molecule is C[Si]1(C)c2cc(-c3ccc(-c4ccc5ccccc5c4)cc3)ccc2-c2c1ccc1c3c(ccc21)[Si](C)(C)c1cc(-c2cccc4ccccc24)ccc1-3. The van der Waals surface area contributed by atoms with Crippen LogP contribution in [0.25, 0.3) is 88.0 Å². The smallest absolute Gasteiger partial charge is 0.0616 e. The van der Waals surface area contributed by atoms with Crippen LogP contribution in [0, 0.1) is 0 Å². The summed E-state index contributed by atoms with van der Waals surface area (Å²) in [4.78, 5) is 0. The molecule has 0 bridgehead atoms. The van der Waals surface area contributed by atoms with Crippen molar-refractivity contribution < 1.29 is 0 Å². The Labute approximate surface area is 319 Å². The molecule has 0 radical (unpaired) electrons. The largest absolute Gasteiger partial charge is 0.113 e. The molecule has 0 atom stereocenters. The van der Waals surface area contributed by atoms with Gasteiger partial charge in [0.05, 0.1) is 0 Å². The molecular weight excluding hydrogens is 681 g/mol. The molecule has 0 fully saturated rings. The van der Waals surface area contributed by atoms with Gasteiger partial charge in [-0.2, -0.15) is 0 Å². The van der Waals surface area contributed by atoms with E-state index in [1.807, 2.05) is 0 Å². The number of fused-ring (bicyclic) bond motifs is 11. The van der Waals surface area contributed by atoms with E-state index in [1.54, 1.807) is 20.7 Å². The van der Waals surface area contributed by atoms with Gasteiger partial charge in [0.2, 0.25) is 0 Å². The molecule has 11 rings (SSSR count). The molecule has 0 aromatic heterocycles. The lowest BCUT2D eigenvalue weighted by Crippen LogP contribution is -2.49. The van der Waals surface area contributed by atoms with E-state index in [0.717, 1.165) is 0 Å². The van der Waals surface area contributed by atoms with E-state index in [2.05, 4.69) is 196 Å². The summed E-state index contributed by atoms with van der Waals surface area (Å²) in [5, 5.41) is 14.2. The Hall–Kier alpha value is -5.81. The molecule has 9 aromatic rings. The summed E-state index contributed by atoms with van der Waals surface area (Å²) in [6, 6.07) is 64.6. The molecule has 0 spiro atoms. The number of benzene rings is 9. The van der Waals surface area contributed by atoms with Crippen molar-refractivity contribution in [1.29, 1.82) is 0 Å². The quantitative estimate of drug-likeness (QED) is 0.159. The highest BCUT2D eigenvalue weighted by Gasteiger charge is 2.42. The molecule has 2 aliphatic heterocycles. The summed E-state index contributed by atoms with van der Waals surface area (Å²) >= 11 is 0. The second-order valence-electron chi connectivity index (χ2n) is 16.5. The molecule has 9 aromatic carbocycles. The van der Waals surface area contributed by atoms with Gasteiger partial charge in [0, 0.05) is 0 Å². The fraction of sp³-hybridized carbons (Fsp3) is 0.0769. The topological polar surface area (TPSA) is 0 Å². The Morgan fingerprint density at radius 2 is 0.759 bits per heavy atom. The van der Waals surface area contributed by atoms with Crippen LogP contribution in [0.1, 0.15) is 0 Å². The lowest BCUT2D eigenvalue weighted by Gasteiger charge is -2.21. The van der Waals surface area contributed by atoms with Crippen LogP contribution < -0.4 is 20.7 Å². The maximum atomic E-state index is 2.55. The molecule has 0 saturated carbocycles. The maximum Gasteiger partial charge on any atom is 0.113 e. The summed E-state index contributed by atoms with van der Waals surface area (Å²) in [7, 11) is -3.87. The summed E-state index contributed by atoms with van der Waals surface area (Å²) in [5.41, 5.74) is 13.6. The van der Waals surface area contributed by atoms with E-state index in [-0.39, 0.29) is 0 Å². The molecule has 2 heterocycles. The first-order valence-corrected chi connectivity index (χ1v) is 25.3. The van der Waals surface area contributed by atoms with Crippen molar-refractivity contribution in [3.63, 3.8) is 0 Å². The Morgan fingerprint density at radius 3 is 1.41 bits per heavy atom. The minimum absolute atomic E-state index is 1.25. The Balaban J connectivity index is 1.00. The number of rotatable bonds is 3. The zero-order valence-electron chi connectivity index (χ0n) is 31.2. The fourth-order valence-electron chi connectivity index (χ4n) is 9.92. The van der Waals surface area contributed by atoms with Crippen molar-refractivity contribution in [3.8, 4) is 55.6 Å². The van der Waals surface area contributed by atoms with Gasteiger partial charge in [-0.3, -0.25) is 0 Å². The van der Waals surface area contributed by atoms with Crippen LogP contribution in [0.4, 0.5) is 0 Å². The molecular formula is C52H40Si2. The standard InChI is InChI=1S/C52H40Si2/c1-53(2)47-28-26-44-43(27-29-48-52(44)46-25-23-40(32-50(46)54(48,3)4)42-15-9-13-36-11-7-8-14-41(36)42)51(47)45-24-22-39(31-49(45)53)35-18-16-34(17-19-35)38-21-20-33-10-5-6-12-37(33)30-38/h5-32H,1-4H3. The van der Waals surface area contributed by atoms with Crippen molar-refractivity contribution in [2.24, 2.45) is 0 Å². The average Bonchev–Trinajstić information content (AvgIpc) is 3.59. The van der Waals surface area contributed by atoms with Gasteiger partial charge in [-0.25, -0.2) is 0 Å². The molecule has 0 saturated heterocycles. The second-order valence-corrected chi connectivity index (χ2v) is 25.2. The van der Waals surface area contributed by atoms with Crippen molar-refractivity contribution >= 4 is 69.2 Å². The first kappa shape index (κ1) is 31.7. The predicted octanol–water partition coefficient (Wildman–Crippen LogP) is 11.8. The summed E-state index contributed by atoms with van der Waals surface area (Å²) in [6.07, 6.45) is 0. The normalized spacial score (nSPS) is 14.6. The van der Waals surface area contributed by atoms with Crippen LogP contribution in [0.5, 0.6) is 0 Å². The molecule has 54 heavy (non-hydrogen) atoms. The molecule has 256 valence electrons. The fourth-order valence-corrected chi connectivity index (χ4v) is 16.1. The van der Waals surface area contributed by atoms with E-state index in [1.165, 1.54) is 88.0 Å². The van der Waals surface area contributed by atoms with Crippen LogP contribution >= 0.6 is 0 Å². The third-order valence-electron chi connectivity index (χ3n) is 12.9. The predicted molar refractivity (Wildman–Crippen MR) is 240 cm³/mol. The minimum atomic E-state index is -1.94. The molecule has 0 N–H and O–H groups in total. The van der Waals surface area contributed by atoms with Gasteiger partial charge in [-0.1, -0.05) is 190 Å². The van der Waals surface area contributed by atoms with Gasteiger partial charge in [0.25, 0.3) is 0 Å². The zero-order chi connectivity index (χ0) is 36.3. The van der Waals surface area contributed by atoms with Gasteiger partial charge >= 0.3 is 0 Å². The van der Waals surface area contributed by atoms with E-state index < -0.39 is 16.1 Å². The molecule has 0 unspecified atom stereocenters. The second kappa shape index (κ2) is 11.4. The molecule has 0 amide bonds. The van der Waals surface area contributed by atoms with Gasteiger partial charge in [-0.05, 0) is 115 Å². The first-order chi connectivity index (χ1) is 26.3. The number of hydrogen-bond acceptors (Lipinski definition) is 0. The highest BCUT2D eigenvalue weighted by atomic mass is 28.3. The van der Waals surface area contributed by atoms with Crippen LogP contribution in [0.15, 0.2) is 170 Å². The lowest BCUT2D eigenvalue weighted by molar-refractivity contribution is 1.61. The molecule has 0 nitrogen and oxygen atoms in total. The monoisotopic (exact) mass is 720 g/mol. The Morgan fingerprint density at radius 1 is 0.278 bits per heavy atom. The lowest BCUT2D eigenvalue weighted by atomic mass is 9.91. The van der Waals surface area contributed by atoms with Gasteiger partial charge in [0.1, 0.15) is 16.1 Å². The Bertz CT molecular complexity index is 3030. The van der Waals surface area contributed by atoms with Gasteiger partial charge < -0.3 is 0 Å². The highest BCUT2D eigenvalue weighted by molar-refractivity contribution is 7.05. The maximum absolute atomic E-state index is 2.55. The van der Waals surface area contributed by atoms with E-state index in [0.29, 0.717) is 0 Å². The van der Waals surface area contributed by atoms with Crippen molar-refractivity contribution in [2.45, 2.75) is 26.2 Å². The van der Waals surface area contributed by atoms with E-state index in [9.17, 15) is 0 Å². The van der Waals surface area contributed by atoms with Gasteiger partial charge in [0.15, 0.2) is 0 Å². The van der Waals surface area contributed by atoms with Crippen molar-refractivity contribution in [2.75, 3.05) is 0 Å². The Kier molecular flexibility index (Phi) is 6.66. The summed E-state index contributed by atoms with van der Waals surface area (Å²) in [6.45, 7) is 10.2.